The quantitative estimate of drug-likeness (QED) is 0.705. The van der Waals surface area contributed by atoms with E-state index < -0.39 is 0 Å². The predicted molar refractivity (Wildman–Crippen MR) is 128 cm³/mol. The Labute approximate surface area is 204 Å². The van der Waals surface area contributed by atoms with Crippen LogP contribution < -0.4 is 25.1 Å². The van der Waals surface area contributed by atoms with Crippen LogP contribution in [0.1, 0.15) is 53.7 Å². The van der Waals surface area contributed by atoms with Gasteiger partial charge in [-0.25, -0.2) is 0 Å². The number of methoxy groups -OCH3 is 1. The summed E-state index contributed by atoms with van der Waals surface area (Å²) in [5.41, 5.74) is 1.59. The Morgan fingerprint density at radius 2 is 1.86 bits per heavy atom. The van der Waals surface area contributed by atoms with E-state index in [4.69, 9.17) is 14.2 Å². The van der Waals surface area contributed by atoms with Crippen LogP contribution in [0.5, 0.6) is 17.2 Å². The molecule has 0 radical (unpaired) electrons. The molecule has 0 atom stereocenters. The van der Waals surface area contributed by atoms with Crippen molar-refractivity contribution in [3.05, 3.63) is 51.4 Å². The number of nitrogens with zero attached hydrogens (tertiary/aromatic N) is 2. The monoisotopic (exact) mass is 481 g/mol. The number of aromatic nitrogens is 1. The second-order valence-electron chi connectivity index (χ2n) is 9.30. The van der Waals surface area contributed by atoms with Gasteiger partial charge in [0.1, 0.15) is 11.3 Å². The van der Waals surface area contributed by atoms with Crippen LogP contribution in [0.2, 0.25) is 0 Å². The third-order valence-corrected chi connectivity index (χ3v) is 7.20. The summed E-state index contributed by atoms with van der Waals surface area (Å²) in [4.78, 5) is 41.2. The van der Waals surface area contributed by atoms with Crippen molar-refractivity contribution < 1.29 is 23.8 Å². The Morgan fingerprint density at radius 3 is 2.66 bits per heavy atom. The maximum Gasteiger partial charge on any atom is 0.257 e. The number of fused-ring (bicyclic) bond motifs is 2. The number of pyridine rings is 1. The second kappa shape index (κ2) is 10.0. The number of hydrogen-bond donors (Lipinski definition) is 1. The zero-order valence-corrected chi connectivity index (χ0v) is 20.0. The van der Waals surface area contributed by atoms with Gasteiger partial charge < -0.3 is 29.0 Å². The molecule has 1 N–H and O–H groups in total. The van der Waals surface area contributed by atoms with Crippen LogP contribution >= 0.6 is 0 Å². The molecular weight excluding hydrogens is 450 g/mol. The minimum absolute atomic E-state index is 0.0701. The molecule has 1 aliphatic carbocycles. The van der Waals surface area contributed by atoms with Crippen LogP contribution in [0.3, 0.4) is 0 Å². The highest BCUT2D eigenvalue weighted by atomic mass is 16.7. The Morgan fingerprint density at radius 1 is 1.06 bits per heavy atom. The zero-order valence-electron chi connectivity index (χ0n) is 20.0. The molecule has 35 heavy (non-hydrogen) atoms. The number of benzene rings is 1. The topological polar surface area (TPSA) is 99.1 Å². The number of ether oxygens (including phenoxy) is 3. The Kier molecular flexibility index (Phi) is 6.66. The second-order valence-corrected chi connectivity index (χ2v) is 9.30. The SMILES string of the molecule is COc1cc(=O)n2c(c1C(=O)NCc1ccc3c(c1)OCO3)CCN(C(=O)C1CCCCC1)CC2. The maximum absolute atomic E-state index is 13.3. The molecule has 2 aromatic rings. The number of carbonyl (C=O) groups is 2. The molecular formula is C26H31N3O6. The molecule has 186 valence electrons. The average Bonchev–Trinajstić information content (AvgIpc) is 3.24. The van der Waals surface area contributed by atoms with E-state index in [0.717, 1.165) is 31.2 Å². The lowest BCUT2D eigenvalue weighted by Gasteiger charge is -2.28. The van der Waals surface area contributed by atoms with E-state index in [1.54, 1.807) is 4.57 Å². The van der Waals surface area contributed by atoms with Gasteiger partial charge in [-0.15, -0.1) is 0 Å². The zero-order chi connectivity index (χ0) is 24.4. The fourth-order valence-electron chi connectivity index (χ4n) is 5.30. The van der Waals surface area contributed by atoms with Gasteiger partial charge in [0, 0.05) is 50.3 Å². The number of nitrogens with one attached hydrogen (secondary N) is 1. The smallest absolute Gasteiger partial charge is 0.257 e. The standard InChI is InChI=1S/C26H31N3O6/c1-33-22-14-23(30)29-12-11-28(26(32)18-5-3-2-4-6-18)10-9-19(29)24(22)25(31)27-15-17-7-8-20-21(13-17)35-16-34-20/h7-8,13-14,18H,2-6,9-12,15-16H2,1H3,(H,27,31). The Hall–Kier alpha value is -3.49. The van der Waals surface area contributed by atoms with Crippen LogP contribution in [0.25, 0.3) is 0 Å². The number of hydrogen-bond acceptors (Lipinski definition) is 6. The molecule has 3 heterocycles. The van der Waals surface area contributed by atoms with Crippen LogP contribution in [0.4, 0.5) is 0 Å². The lowest BCUT2D eigenvalue weighted by Crippen LogP contribution is -2.39. The first-order valence-electron chi connectivity index (χ1n) is 12.3. The molecule has 0 saturated heterocycles. The summed E-state index contributed by atoms with van der Waals surface area (Å²) in [5, 5.41) is 2.95. The van der Waals surface area contributed by atoms with Crippen molar-refractivity contribution in [3.8, 4) is 17.2 Å². The van der Waals surface area contributed by atoms with E-state index in [9.17, 15) is 14.4 Å². The molecule has 5 rings (SSSR count). The van der Waals surface area contributed by atoms with Crippen LogP contribution in [0.15, 0.2) is 29.1 Å². The van der Waals surface area contributed by atoms with Crippen LogP contribution in [-0.2, 0) is 24.3 Å². The van der Waals surface area contributed by atoms with Gasteiger partial charge in [0.15, 0.2) is 11.5 Å². The van der Waals surface area contributed by atoms with Crippen molar-refractivity contribution in [1.29, 1.82) is 0 Å². The van der Waals surface area contributed by atoms with Crippen molar-refractivity contribution in [1.82, 2.24) is 14.8 Å². The maximum atomic E-state index is 13.3. The predicted octanol–water partition coefficient (Wildman–Crippen LogP) is 2.48. The number of carbonyl (C=O) groups excluding carboxylic acids is 2. The van der Waals surface area contributed by atoms with E-state index in [1.165, 1.54) is 19.6 Å². The van der Waals surface area contributed by atoms with Gasteiger partial charge in [-0.2, -0.15) is 0 Å². The summed E-state index contributed by atoms with van der Waals surface area (Å²) in [6.07, 6.45) is 5.66. The molecule has 9 nitrogen and oxygen atoms in total. The first kappa shape index (κ1) is 23.3. The van der Waals surface area contributed by atoms with Crippen molar-refractivity contribution >= 4 is 11.8 Å². The van der Waals surface area contributed by atoms with E-state index in [-0.39, 0.29) is 42.4 Å². The normalized spacial score (nSPS) is 17.5. The summed E-state index contributed by atoms with van der Waals surface area (Å²) in [6, 6.07) is 6.88. The Bertz CT molecular complexity index is 1180. The molecule has 1 fully saturated rings. The van der Waals surface area contributed by atoms with Crippen LogP contribution in [-0.4, -0.2) is 48.3 Å². The molecule has 1 aromatic carbocycles. The van der Waals surface area contributed by atoms with E-state index in [2.05, 4.69) is 5.32 Å². The fourth-order valence-corrected chi connectivity index (χ4v) is 5.30. The van der Waals surface area contributed by atoms with E-state index >= 15 is 0 Å². The number of amides is 2. The van der Waals surface area contributed by atoms with Gasteiger partial charge >= 0.3 is 0 Å². The number of rotatable bonds is 5. The largest absolute Gasteiger partial charge is 0.496 e. The third-order valence-electron chi connectivity index (χ3n) is 7.20. The molecule has 3 aliphatic rings. The fraction of sp³-hybridized carbons (Fsp3) is 0.500. The molecule has 0 unspecified atom stereocenters. The molecule has 0 bridgehead atoms. The van der Waals surface area contributed by atoms with Gasteiger partial charge in [-0.05, 0) is 30.5 Å². The minimum atomic E-state index is -0.324. The van der Waals surface area contributed by atoms with E-state index in [1.807, 2.05) is 23.1 Å². The summed E-state index contributed by atoms with van der Waals surface area (Å²) in [6.45, 7) is 1.77. The lowest BCUT2D eigenvalue weighted by atomic mass is 9.88. The summed E-state index contributed by atoms with van der Waals surface area (Å²) < 4.78 is 17.8. The van der Waals surface area contributed by atoms with Crippen LogP contribution in [0, 0.1) is 5.92 Å². The van der Waals surface area contributed by atoms with Crippen molar-refractivity contribution in [3.63, 3.8) is 0 Å². The average molecular weight is 482 g/mol. The first-order valence-corrected chi connectivity index (χ1v) is 12.3. The summed E-state index contributed by atoms with van der Waals surface area (Å²) in [5.74, 6) is 1.50. The summed E-state index contributed by atoms with van der Waals surface area (Å²) >= 11 is 0. The van der Waals surface area contributed by atoms with E-state index in [0.29, 0.717) is 48.8 Å². The lowest BCUT2D eigenvalue weighted by molar-refractivity contribution is -0.136. The van der Waals surface area contributed by atoms with Gasteiger partial charge in [0.2, 0.25) is 12.7 Å². The Balaban J connectivity index is 1.35. The van der Waals surface area contributed by atoms with Gasteiger partial charge in [0.05, 0.1) is 7.11 Å². The van der Waals surface area contributed by atoms with Gasteiger partial charge in [-0.1, -0.05) is 25.3 Å². The molecule has 0 spiro atoms. The third kappa shape index (κ3) is 4.72. The van der Waals surface area contributed by atoms with Gasteiger partial charge in [-0.3, -0.25) is 14.4 Å². The highest BCUT2D eigenvalue weighted by Crippen LogP contribution is 2.32. The molecule has 2 aliphatic heterocycles. The van der Waals surface area contributed by atoms with Crippen molar-refractivity contribution in [2.45, 2.75) is 51.6 Å². The van der Waals surface area contributed by atoms with Crippen molar-refractivity contribution in [2.75, 3.05) is 27.0 Å². The highest BCUT2D eigenvalue weighted by molar-refractivity contribution is 5.98. The summed E-state index contributed by atoms with van der Waals surface area (Å²) in [7, 11) is 1.45. The molecule has 1 aromatic heterocycles. The molecule has 2 amide bonds. The van der Waals surface area contributed by atoms with Gasteiger partial charge in [0.25, 0.3) is 11.5 Å². The first-order chi connectivity index (χ1) is 17.0. The highest BCUT2D eigenvalue weighted by Gasteiger charge is 2.30. The molecule has 1 saturated carbocycles. The minimum Gasteiger partial charge on any atom is -0.496 e. The van der Waals surface area contributed by atoms with Crippen molar-refractivity contribution in [2.24, 2.45) is 5.92 Å². The molecule has 9 heteroatoms.